The van der Waals surface area contributed by atoms with Crippen molar-refractivity contribution in [2.45, 2.75) is 70.8 Å². The fourth-order valence-corrected chi connectivity index (χ4v) is 4.00. The number of hydrogen-bond donors (Lipinski definition) is 1. The molecule has 2 fully saturated rings. The van der Waals surface area contributed by atoms with Crippen molar-refractivity contribution in [3.8, 4) is 0 Å². The molecule has 1 saturated heterocycles. The van der Waals surface area contributed by atoms with Crippen LogP contribution in [0.5, 0.6) is 0 Å². The number of fused-ring (bicyclic) bond motifs is 1. The van der Waals surface area contributed by atoms with Crippen LogP contribution in [0.3, 0.4) is 0 Å². The lowest BCUT2D eigenvalue weighted by Gasteiger charge is -2.39. The maximum Gasteiger partial charge on any atom is 0.0303 e. The summed E-state index contributed by atoms with van der Waals surface area (Å²) in [5, 5.41) is 0. The zero-order chi connectivity index (χ0) is 13.0. The van der Waals surface area contributed by atoms with Crippen molar-refractivity contribution in [1.82, 2.24) is 4.90 Å². The summed E-state index contributed by atoms with van der Waals surface area (Å²) in [6, 6.07) is 0. The molecular weight excluding hydrogens is 220 g/mol. The van der Waals surface area contributed by atoms with Gasteiger partial charge in [-0.2, -0.15) is 0 Å². The molecule has 0 aromatic heterocycles. The van der Waals surface area contributed by atoms with E-state index in [1.54, 1.807) is 0 Å². The fourth-order valence-electron chi connectivity index (χ4n) is 4.00. The van der Waals surface area contributed by atoms with Crippen molar-refractivity contribution < 1.29 is 0 Å². The van der Waals surface area contributed by atoms with E-state index in [0.717, 1.165) is 18.4 Å². The normalized spacial score (nSPS) is 31.5. The monoisotopic (exact) mass is 252 g/mol. The van der Waals surface area contributed by atoms with E-state index < -0.39 is 0 Å². The van der Waals surface area contributed by atoms with Gasteiger partial charge in [0.2, 0.25) is 0 Å². The third kappa shape index (κ3) is 3.08. The lowest BCUT2D eigenvalue weighted by molar-refractivity contribution is 0.118. The number of nitrogens with zero attached hydrogens (tertiary/aromatic N) is 1. The van der Waals surface area contributed by atoms with Gasteiger partial charge in [0.15, 0.2) is 0 Å². The molecule has 0 spiro atoms. The average molecular weight is 252 g/mol. The molecule has 1 heterocycles. The van der Waals surface area contributed by atoms with Crippen LogP contribution in [0.4, 0.5) is 0 Å². The van der Waals surface area contributed by atoms with Crippen molar-refractivity contribution in [3.63, 3.8) is 0 Å². The maximum atomic E-state index is 6.11. The highest BCUT2D eigenvalue weighted by molar-refractivity contribution is 4.97. The van der Waals surface area contributed by atoms with E-state index in [0.29, 0.717) is 0 Å². The average Bonchev–Trinajstić information content (AvgIpc) is 2.95. The summed E-state index contributed by atoms with van der Waals surface area (Å²) >= 11 is 0. The van der Waals surface area contributed by atoms with E-state index >= 15 is 0 Å². The van der Waals surface area contributed by atoms with Crippen LogP contribution in [0, 0.1) is 11.8 Å². The molecule has 2 aliphatic rings. The molecule has 1 aliphatic heterocycles. The lowest BCUT2D eigenvalue weighted by atomic mass is 9.92. The van der Waals surface area contributed by atoms with Gasteiger partial charge in [-0.15, -0.1) is 0 Å². The molecule has 0 aromatic rings. The van der Waals surface area contributed by atoms with E-state index in [4.69, 9.17) is 5.73 Å². The van der Waals surface area contributed by atoms with Gasteiger partial charge in [-0.1, -0.05) is 39.0 Å². The molecule has 106 valence electrons. The number of nitrogens with two attached hydrogens (primary N) is 1. The molecule has 0 amide bonds. The number of hydrogen-bond acceptors (Lipinski definition) is 2. The molecule has 2 rings (SSSR count). The summed E-state index contributed by atoms with van der Waals surface area (Å²) < 4.78 is 0. The van der Waals surface area contributed by atoms with Gasteiger partial charge in [0.1, 0.15) is 0 Å². The largest absolute Gasteiger partial charge is 0.329 e. The van der Waals surface area contributed by atoms with Crippen molar-refractivity contribution in [3.05, 3.63) is 0 Å². The highest BCUT2D eigenvalue weighted by Crippen LogP contribution is 2.41. The Morgan fingerprint density at radius 2 is 1.78 bits per heavy atom. The third-order valence-electron chi connectivity index (χ3n) is 5.50. The second-order valence-electron chi connectivity index (χ2n) is 6.87. The minimum Gasteiger partial charge on any atom is -0.329 e. The van der Waals surface area contributed by atoms with E-state index in [1.807, 2.05) is 0 Å². The molecule has 2 nitrogen and oxygen atoms in total. The Balaban J connectivity index is 1.83. The minimum atomic E-state index is 0.276. The fraction of sp³-hybridized carbons (Fsp3) is 1.00. The Kier molecular flexibility index (Phi) is 5.08. The van der Waals surface area contributed by atoms with Gasteiger partial charge in [0, 0.05) is 25.2 Å². The van der Waals surface area contributed by atoms with Crippen LogP contribution in [-0.2, 0) is 0 Å². The number of likely N-dealkylation sites (tertiary alicyclic amines) is 1. The molecule has 2 N–H and O–H groups in total. The Morgan fingerprint density at radius 3 is 2.33 bits per heavy atom. The third-order valence-corrected chi connectivity index (χ3v) is 5.50. The molecular formula is C16H32N2. The summed E-state index contributed by atoms with van der Waals surface area (Å²) in [5.74, 6) is 1.98. The molecule has 0 aromatic carbocycles. The van der Waals surface area contributed by atoms with Gasteiger partial charge in [0.05, 0.1) is 0 Å². The van der Waals surface area contributed by atoms with E-state index in [-0.39, 0.29) is 5.54 Å². The van der Waals surface area contributed by atoms with E-state index in [2.05, 4.69) is 18.7 Å². The van der Waals surface area contributed by atoms with E-state index in [1.165, 1.54) is 64.5 Å². The highest BCUT2D eigenvalue weighted by atomic mass is 15.2. The second kappa shape index (κ2) is 6.38. The van der Waals surface area contributed by atoms with E-state index in [9.17, 15) is 0 Å². The Labute approximate surface area is 113 Å². The maximum absolute atomic E-state index is 6.11. The van der Waals surface area contributed by atoms with Crippen molar-refractivity contribution in [2.24, 2.45) is 17.6 Å². The first kappa shape index (κ1) is 14.3. The summed E-state index contributed by atoms with van der Waals surface area (Å²) in [5.41, 5.74) is 6.39. The molecule has 0 radical (unpaired) electrons. The predicted molar refractivity (Wildman–Crippen MR) is 78.6 cm³/mol. The zero-order valence-electron chi connectivity index (χ0n) is 12.5. The van der Waals surface area contributed by atoms with Crippen molar-refractivity contribution in [2.75, 3.05) is 19.6 Å². The van der Waals surface area contributed by atoms with Gasteiger partial charge in [-0.25, -0.2) is 0 Å². The Bertz CT molecular complexity index is 241. The van der Waals surface area contributed by atoms with Crippen molar-refractivity contribution in [1.29, 1.82) is 0 Å². The van der Waals surface area contributed by atoms with Crippen LogP contribution >= 0.6 is 0 Å². The lowest BCUT2D eigenvalue weighted by Crippen LogP contribution is -2.50. The first-order chi connectivity index (χ1) is 8.69. The van der Waals surface area contributed by atoms with Gasteiger partial charge in [0.25, 0.3) is 0 Å². The van der Waals surface area contributed by atoms with Gasteiger partial charge < -0.3 is 5.73 Å². The van der Waals surface area contributed by atoms with Crippen LogP contribution < -0.4 is 5.73 Å². The summed E-state index contributed by atoms with van der Waals surface area (Å²) in [7, 11) is 0. The molecule has 2 heteroatoms. The van der Waals surface area contributed by atoms with Crippen LogP contribution in [0.1, 0.15) is 65.2 Å². The van der Waals surface area contributed by atoms with Crippen LogP contribution in [0.25, 0.3) is 0 Å². The first-order valence-electron chi connectivity index (χ1n) is 8.14. The Morgan fingerprint density at radius 1 is 1.11 bits per heavy atom. The predicted octanol–water partition coefficient (Wildman–Crippen LogP) is 3.41. The molecule has 1 aliphatic carbocycles. The summed E-state index contributed by atoms with van der Waals surface area (Å²) in [6.45, 7) is 8.17. The highest BCUT2D eigenvalue weighted by Gasteiger charge is 2.42. The van der Waals surface area contributed by atoms with Crippen LogP contribution in [0.15, 0.2) is 0 Å². The minimum absolute atomic E-state index is 0.276. The number of rotatable bonds is 7. The summed E-state index contributed by atoms with van der Waals surface area (Å²) in [4.78, 5) is 2.73. The quantitative estimate of drug-likeness (QED) is 0.704. The Hall–Kier alpha value is -0.0800. The SMILES string of the molecule is CCCCCCC(C)(CN)N1CC2CCCC2C1. The molecule has 3 unspecified atom stereocenters. The second-order valence-corrected chi connectivity index (χ2v) is 6.87. The smallest absolute Gasteiger partial charge is 0.0303 e. The molecule has 1 saturated carbocycles. The van der Waals surface area contributed by atoms with Gasteiger partial charge in [-0.05, 0) is 38.0 Å². The molecule has 3 atom stereocenters. The van der Waals surface area contributed by atoms with Crippen LogP contribution in [0.2, 0.25) is 0 Å². The van der Waals surface area contributed by atoms with Crippen molar-refractivity contribution >= 4 is 0 Å². The molecule has 0 bridgehead atoms. The van der Waals surface area contributed by atoms with Crippen LogP contribution in [-0.4, -0.2) is 30.1 Å². The zero-order valence-corrected chi connectivity index (χ0v) is 12.5. The first-order valence-corrected chi connectivity index (χ1v) is 8.14. The topological polar surface area (TPSA) is 29.3 Å². The van der Waals surface area contributed by atoms with Gasteiger partial charge >= 0.3 is 0 Å². The summed E-state index contributed by atoms with van der Waals surface area (Å²) in [6.07, 6.45) is 11.1. The standard InChI is InChI=1S/C16H32N2/c1-3-4-5-6-10-16(2,13-17)18-11-14-8-7-9-15(14)12-18/h14-15H,3-13,17H2,1-2H3. The number of unbranched alkanes of at least 4 members (excludes halogenated alkanes) is 3. The van der Waals surface area contributed by atoms with Gasteiger partial charge in [-0.3, -0.25) is 4.90 Å². The molecule has 18 heavy (non-hydrogen) atoms.